The average molecular weight is 2010 g/mol. The molecule has 1 rings (SSSR count). The molecule has 54 heteroatoms. The Bertz CT molecular complexity index is 4030. The van der Waals surface area contributed by atoms with Gasteiger partial charge in [0.2, 0.25) is 100 Å². The summed E-state index contributed by atoms with van der Waals surface area (Å²) in [6.45, 7) is 12.2. The number of carboxylic acid groups (broad SMARTS) is 3. The monoisotopic (exact) mass is 2010 g/mol. The van der Waals surface area contributed by atoms with Gasteiger partial charge in [-0.2, -0.15) is 36.2 Å². The van der Waals surface area contributed by atoms with E-state index < -0.39 is 296 Å². The number of aliphatic hydroxyl groups excluding tert-OH is 5. The van der Waals surface area contributed by atoms with Gasteiger partial charge in [-0.25, -0.2) is 4.79 Å². The van der Waals surface area contributed by atoms with Gasteiger partial charge in [-0.05, 0) is 180 Å². The molecule has 0 bridgehead atoms. The summed E-state index contributed by atoms with van der Waals surface area (Å²) < 4.78 is 0. The number of nitrogens with one attached hydrogen (secondary N) is 16. The van der Waals surface area contributed by atoms with Crippen LogP contribution in [-0.4, -0.2) is 366 Å². The van der Waals surface area contributed by atoms with Crippen LogP contribution in [0.1, 0.15) is 185 Å². The molecule has 780 valence electrons. The van der Waals surface area contributed by atoms with Crippen LogP contribution in [-0.2, 0) is 95.9 Å². The predicted molar refractivity (Wildman–Crippen MR) is 505 cm³/mol. The van der Waals surface area contributed by atoms with Crippen LogP contribution >= 0.6 is 36.2 Å². The van der Waals surface area contributed by atoms with E-state index in [9.17, 15) is 132 Å². The summed E-state index contributed by atoms with van der Waals surface area (Å²) in [5.41, 5.74) is 28.4. The Kier molecular flexibility index (Phi) is 59.3. The number of aliphatic hydroxyl groups is 5. The molecular weight excluding hydrogens is 1860 g/mol. The lowest BCUT2D eigenvalue weighted by Gasteiger charge is -2.32. The Labute approximate surface area is 809 Å². The lowest BCUT2D eigenvalue weighted by atomic mass is 9.96. The third-order valence-corrected chi connectivity index (χ3v) is 24.0. The van der Waals surface area contributed by atoms with Gasteiger partial charge in [-0.1, -0.05) is 40.5 Å². The van der Waals surface area contributed by atoms with Crippen LogP contribution in [0.4, 0.5) is 0 Å². The molecule has 1 aliphatic rings. The number of likely N-dealkylation sites (tertiary alicyclic amines) is 1. The number of amides is 17. The lowest BCUT2D eigenvalue weighted by Crippen LogP contribution is -2.63. The third kappa shape index (κ3) is 44.8. The topological polar surface area (TPSA) is 841 Å². The van der Waals surface area contributed by atoms with E-state index in [1.54, 1.807) is 33.3 Å². The summed E-state index contributed by atoms with van der Waals surface area (Å²) >= 11 is 6.48. The molecule has 0 spiro atoms. The van der Waals surface area contributed by atoms with Crippen LogP contribution in [0, 0.1) is 11.8 Å². The van der Waals surface area contributed by atoms with Gasteiger partial charge in [0.1, 0.15) is 103 Å². The fourth-order valence-corrected chi connectivity index (χ4v) is 14.7. The van der Waals surface area contributed by atoms with Crippen molar-refractivity contribution in [2.45, 2.75) is 318 Å². The lowest BCUT2D eigenvalue weighted by molar-refractivity contribution is -0.143. The number of guanidine groups is 1. The summed E-state index contributed by atoms with van der Waals surface area (Å²) in [6, 6.07) is -28.9. The first-order valence-corrected chi connectivity index (χ1v) is 48.8. The van der Waals surface area contributed by atoms with Crippen molar-refractivity contribution < 1.29 is 137 Å². The number of hydrogen-bond acceptors (Lipinski definition) is 32. The number of carboxylic acids is 3. The van der Waals surface area contributed by atoms with Crippen LogP contribution in [0.5, 0.6) is 0 Å². The molecule has 1 fully saturated rings. The smallest absolute Gasteiger partial charge is 0.326 e. The Morgan fingerprint density at radius 3 is 1.10 bits per heavy atom. The number of aliphatic carboxylic acids is 3. The van der Waals surface area contributed by atoms with E-state index in [2.05, 4.69) is 103 Å². The first kappa shape index (κ1) is 124. The van der Waals surface area contributed by atoms with E-state index in [0.717, 1.165) is 34.6 Å². The number of unbranched alkanes of at least 4 members (excludes halogenated alkanes) is 2. The molecule has 34 N–H and O–H groups in total. The number of thioether (sulfide) groups is 2. The number of carbonyl (C=O) groups is 20. The van der Waals surface area contributed by atoms with E-state index in [0.29, 0.717) is 18.6 Å². The van der Waals surface area contributed by atoms with Crippen molar-refractivity contribution in [3.8, 4) is 0 Å². The van der Waals surface area contributed by atoms with Crippen molar-refractivity contribution in [3.63, 3.8) is 0 Å². The minimum Gasteiger partial charge on any atom is -0.481 e. The molecule has 0 aromatic heterocycles. The number of carbonyl (C=O) groups excluding carboxylic acids is 17. The zero-order valence-corrected chi connectivity index (χ0v) is 82.1. The highest BCUT2D eigenvalue weighted by Gasteiger charge is 2.44. The number of rotatable bonds is 68. The predicted octanol–water partition coefficient (Wildman–Crippen LogP) is -9.73. The van der Waals surface area contributed by atoms with Crippen LogP contribution in [0.15, 0.2) is 4.99 Å². The van der Waals surface area contributed by atoms with Gasteiger partial charge in [-0.3, -0.25) is 96.1 Å². The second-order valence-electron chi connectivity index (χ2n) is 33.5. The molecule has 1 aliphatic heterocycles. The fraction of sp³-hybridized carbons (Fsp3) is 0.747. The maximum Gasteiger partial charge on any atom is 0.326 e. The van der Waals surface area contributed by atoms with Gasteiger partial charge in [-0.15, -0.1) is 0 Å². The van der Waals surface area contributed by atoms with E-state index in [4.69, 9.17) is 28.7 Å². The molecule has 0 saturated carbocycles. The summed E-state index contributed by atoms with van der Waals surface area (Å²) in [7, 11) is 0. The van der Waals surface area contributed by atoms with Crippen LogP contribution < -0.4 is 114 Å². The van der Waals surface area contributed by atoms with E-state index >= 15 is 4.79 Å². The molecule has 0 unspecified atom stereocenters. The Hall–Kier alpha value is -10.6. The molecule has 0 radical (unpaired) electrons. The van der Waals surface area contributed by atoms with Crippen molar-refractivity contribution in [1.82, 2.24) is 90.0 Å². The SMILES string of the molecule is CC[C@H](C)[C@H](NC(=O)[C@H](C)NC(=O)[C@H](CCSC)NC(=O)[C@H](CO)NC(=O)[C@H](C)NC(=O)[C@H](CCC(=O)O)NC(=O)[C@@H](NC(=O)[C@@H](NC(=O)[C@@H](N)CS)[C@@H](C)O)[C@@H](C)O)C(=O)N[C@@H](CCCN=C(N)N)C(=O)N1CCC[C@H]1C(=O)N[C@@H](CCCCN)C(=O)N[C@H](C(=O)N[C@H](C(=O)N[C@H](C(=O)N[C@@H](CCC(=O)O)C(=O)N[C@@H](CCCCN)C(=O)N[C@@H](CCSC)C(=O)O)[C@@H](C)O)[C@@H](C)CC)[C@@H](C)O. The minimum atomic E-state index is -1.94. The highest BCUT2D eigenvalue weighted by molar-refractivity contribution is 7.98. The highest BCUT2D eigenvalue weighted by atomic mass is 32.2. The molecule has 0 aliphatic carbocycles. The van der Waals surface area contributed by atoms with Crippen molar-refractivity contribution in [2.75, 3.05) is 62.6 Å². The summed E-state index contributed by atoms with van der Waals surface area (Å²) in [5, 5.41) is 121. The molecule has 0 aromatic carbocycles. The van der Waals surface area contributed by atoms with Crippen molar-refractivity contribution >= 4 is 160 Å². The minimum absolute atomic E-state index is 0.00489. The molecular formula is C83H147N23O28S3. The standard InChI is InChI=1S/C83H147N23O28S3/c1-13-39(3)59(100-66(117)42(6)91-69(120)52(29-35-136-11)93-73(124)55(37-107)99-65(116)41(5)90-68(119)50(25-27-57(112)113)95-78(129)62(44(8)109)105-80(131)63(45(9)110)102-67(118)47(86)38-135)75(126)97-53(23-19-33-89-83(87)88)81(132)106-34-20-24-56(106)74(125)94-49(22-16-18-32-85)72(123)103-64(46(10)111)79(130)101-60(40(4)14-2)76(127)104-61(43(7)108)77(128)96-51(26-28-58(114)115)71(122)92-48(21-15-17-31-84)70(121)98-54(82(133)134)30-36-137-12/h39-56,59-64,107-111,135H,13-38,84-86H2,1-12H3,(H,90,119)(H,91,120)(H,92,122)(H,93,124)(H,94,125)(H,95,129)(H,96,128)(H,97,126)(H,98,121)(H,99,116)(H,100,117)(H,101,130)(H,102,118)(H,103,123)(H,104,127)(H,105,131)(H,112,113)(H,114,115)(H,133,134)(H4,87,88,89)/t39-,40-,41-,42-,43+,44+,45+,46+,47-,48-,49-,50-,51-,52-,53-,54-,55-,56-,59-,60-,61-,62-,63-,64-/m0/s1. The number of thiol groups is 1. The second kappa shape index (κ2) is 65.3. The Morgan fingerprint density at radius 2 is 0.708 bits per heavy atom. The van der Waals surface area contributed by atoms with E-state index in [1.807, 2.05) is 0 Å². The molecule has 1 heterocycles. The maximum absolute atomic E-state index is 15.0. The van der Waals surface area contributed by atoms with E-state index in [-0.39, 0.29) is 121 Å². The summed E-state index contributed by atoms with van der Waals surface area (Å²) in [6.07, 6.45) is -4.90. The largest absolute Gasteiger partial charge is 0.481 e. The maximum atomic E-state index is 15.0. The van der Waals surface area contributed by atoms with Crippen molar-refractivity contribution in [1.29, 1.82) is 0 Å². The van der Waals surface area contributed by atoms with Gasteiger partial charge in [0, 0.05) is 31.7 Å². The quantitative estimate of drug-likeness (QED) is 0.0116. The Balaban J connectivity index is 3.60. The fourth-order valence-electron chi connectivity index (χ4n) is 13.6. The van der Waals surface area contributed by atoms with Gasteiger partial charge in [0.05, 0.1) is 37.1 Å². The zero-order chi connectivity index (χ0) is 104. The molecule has 0 aromatic rings. The van der Waals surface area contributed by atoms with Crippen LogP contribution in [0.3, 0.4) is 0 Å². The average Bonchev–Trinajstić information content (AvgIpc) is 1.79. The number of nitrogens with two attached hydrogens (primary N) is 5. The molecule has 1 saturated heterocycles. The van der Waals surface area contributed by atoms with Gasteiger partial charge in [0.25, 0.3) is 0 Å². The first-order chi connectivity index (χ1) is 64.4. The molecule has 17 amide bonds. The number of nitrogens with zero attached hydrogens (tertiary/aromatic N) is 2. The number of hydrogen-bond donors (Lipinski definition) is 30. The molecule has 24 atom stereocenters. The third-order valence-electron chi connectivity index (χ3n) is 22.3. The summed E-state index contributed by atoms with van der Waals surface area (Å²) in [5.74, 6) is -23.6. The van der Waals surface area contributed by atoms with Crippen molar-refractivity contribution in [3.05, 3.63) is 0 Å². The highest BCUT2D eigenvalue weighted by Crippen LogP contribution is 2.23. The second-order valence-corrected chi connectivity index (χ2v) is 35.9. The molecule has 51 nitrogen and oxygen atoms in total. The van der Waals surface area contributed by atoms with Crippen molar-refractivity contribution in [2.24, 2.45) is 45.5 Å². The van der Waals surface area contributed by atoms with Gasteiger partial charge < -0.3 is 159 Å². The van der Waals surface area contributed by atoms with Crippen LogP contribution in [0.25, 0.3) is 0 Å². The van der Waals surface area contributed by atoms with Gasteiger partial charge >= 0.3 is 17.9 Å². The first-order valence-electron chi connectivity index (χ1n) is 45.3. The normalized spacial score (nSPS) is 17.4. The van der Waals surface area contributed by atoms with E-state index in [1.165, 1.54) is 42.3 Å². The van der Waals surface area contributed by atoms with Crippen LogP contribution in [0.2, 0.25) is 0 Å². The Morgan fingerprint density at radius 1 is 0.394 bits per heavy atom. The molecule has 137 heavy (non-hydrogen) atoms. The zero-order valence-electron chi connectivity index (χ0n) is 79.5. The summed E-state index contributed by atoms with van der Waals surface area (Å²) in [4.78, 5) is 279. The van der Waals surface area contributed by atoms with Gasteiger partial charge in [0.15, 0.2) is 5.96 Å². The number of aliphatic imine (C=N–C) groups is 1.